The molecular formula is C2H5NORh. The van der Waals surface area contributed by atoms with E-state index < -0.39 is 0 Å². The minimum atomic E-state index is -0.333. The van der Waals surface area contributed by atoms with Crippen LogP contribution in [0, 0.1) is 0 Å². The van der Waals surface area contributed by atoms with Crippen molar-refractivity contribution in [1.29, 1.82) is 0 Å². The van der Waals surface area contributed by atoms with Gasteiger partial charge in [-0.15, -0.1) is 0 Å². The number of nitrogens with two attached hydrogens (primary N) is 1. The zero-order valence-electron chi connectivity index (χ0n) is 2.82. The molecule has 2 N–H and O–H groups in total. The van der Waals surface area contributed by atoms with Crippen molar-refractivity contribution in [3.63, 3.8) is 0 Å². The Morgan fingerprint density at radius 2 is 1.80 bits per heavy atom. The molecule has 0 unspecified atom stereocenters. The van der Waals surface area contributed by atoms with Crippen LogP contribution in [-0.4, -0.2) is 5.91 Å². The summed E-state index contributed by atoms with van der Waals surface area (Å²) in [4.78, 5) is 9.22. The zero-order chi connectivity index (χ0) is 3.58. The van der Waals surface area contributed by atoms with Crippen LogP contribution < -0.4 is 5.73 Å². The molecule has 0 aliphatic rings. The van der Waals surface area contributed by atoms with Crippen molar-refractivity contribution in [2.45, 2.75) is 6.92 Å². The van der Waals surface area contributed by atoms with Crippen molar-refractivity contribution in [2.24, 2.45) is 5.73 Å². The van der Waals surface area contributed by atoms with E-state index in [1.165, 1.54) is 6.92 Å². The van der Waals surface area contributed by atoms with E-state index in [-0.39, 0.29) is 25.4 Å². The second-order valence-electron chi connectivity index (χ2n) is 0.611. The Kier molecular flexibility index (Phi) is 7.30. The molecule has 0 rings (SSSR count). The molecule has 3 heteroatoms. The normalized spacial score (nSPS) is 5.00. The standard InChI is InChI=1S/C2H5NO.Rh/c1-2(3)4;/h1H3,(H2,3,4);. The number of rotatable bonds is 0. The van der Waals surface area contributed by atoms with Gasteiger partial charge in [-0.2, -0.15) is 0 Å². The van der Waals surface area contributed by atoms with Gasteiger partial charge in [0.15, 0.2) is 0 Å². The van der Waals surface area contributed by atoms with Gasteiger partial charge < -0.3 is 5.73 Å². The number of hydrogen-bond donors (Lipinski definition) is 1. The summed E-state index contributed by atoms with van der Waals surface area (Å²) in [6, 6.07) is 0. The molecule has 1 radical (unpaired) electrons. The van der Waals surface area contributed by atoms with Crippen molar-refractivity contribution >= 4 is 5.91 Å². The predicted molar refractivity (Wildman–Crippen MR) is 14.9 cm³/mol. The fraction of sp³-hybridized carbons (Fsp3) is 0.500. The summed E-state index contributed by atoms with van der Waals surface area (Å²) < 4.78 is 0. The van der Waals surface area contributed by atoms with Gasteiger partial charge in [0, 0.05) is 26.4 Å². The Morgan fingerprint density at radius 3 is 1.80 bits per heavy atom. The fourth-order valence-electron chi connectivity index (χ4n) is 0. The van der Waals surface area contributed by atoms with Crippen molar-refractivity contribution in [2.75, 3.05) is 0 Å². The van der Waals surface area contributed by atoms with Crippen molar-refractivity contribution in [3.05, 3.63) is 0 Å². The molecule has 0 aromatic carbocycles. The Hall–Kier alpha value is 0.0934. The average molecular weight is 162 g/mol. The quantitative estimate of drug-likeness (QED) is 0.479. The molecule has 0 aromatic heterocycles. The third kappa shape index (κ3) is 2060. The van der Waals surface area contributed by atoms with Crippen molar-refractivity contribution in [3.8, 4) is 0 Å². The monoisotopic (exact) mass is 162 g/mol. The number of carbonyl (C=O) groups is 1. The van der Waals surface area contributed by atoms with E-state index in [1.54, 1.807) is 0 Å². The SMILES string of the molecule is CC(N)=O.[Rh]. The van der Waals surface area contributed by atoms with Crippen LogP contribution in [0.5, 0.6) is 0 Å². The van der Waals surface area contributed by atoms with Gasteiger partial charge in [0.25, 0.3) is 0 Å². The Labute approximate surface area is 43.5 Å². The smallest absolute Gasteiger partial charge is 0.214 e. The molecule has 0 aliphatic heterocycles. The van der Waals surface area contributed by atoms with Crippen LogP contribution in [-0.2, 0) is 24.3 Å². The minimum Gasteiger partial charge on any atom is -0.370 e. The van der Waals surface area contributed by atoms with Gasteiger partial charge in [-0.05, 0) is 0 Å². The van der Waals surface area contributed by atoms with Crippen molar-refractivity contribution < 1.29 is 24.3 Å². The maximum Gasteiger partial charge on any atom is 0.214 e. The van der Waals surface area contributed by atoms with E-state index >= 15 is 0 Å². The molecule has 0 fully saturated rings. The van der Waals surface area contributed by atoms with Gasteiger partial charge in [-0.3, -0.25) is 4.79 Å². The van der Waals surface area contributed by atoms with Crippen LogP contribution in [0.3, 0.4) is 0 Å². The van der Waals surface area contributed by atoms with Gasteiger partial charge in [-0.25, -0.2) is 0 Å². The molecule has 0 spiro atoms. The zero-order valence-corrected chi connectivity index (χ0v) is 4.46. The van der Waals surface area contributed by atoms with E-state index in [2.05, 4.69) is 5.73 Å². The van der Waals surface area contributed by atoms with Gasteiger partial charge in [0.05, 0.1) is 0 Å². The van der Waals surface area contributed by atoms with Crippen LogP contribution in [0.15, 0.2) is 0 Å². The third-order valence-electron chi connectivity index (χ3n) is 0. The van der Waals surface area contributed by atoms with E-state index in [0.717, 1.165) is 0 Å². The molecule has 1 amide bonds. The van der Waals surface area contributed by atoms with Crippen molar-refractivity contribution in [1.82, 2.24) is 0 Å². The summed E-state index contributed by atoms with van der Waals surface area (Å²) in [5.74, 6) is -0.333. The molecule has 2 nitrogen and oxygen atoms in total. The summed E-state index contributed by atoms with van der Waals surface area (Å²) in [5.41, 5.74) is 4.47. The van der Waals surface area contributed by atoms with Crippen LogP contribution in [0.25, 0.3) is 0 Å². The molecular weight excluding hydrogens is 157 g/mol. The first kappa shape index (κ1) is 8.92. The molecule has 0 aliphatic carbocycles. The van der Waals surface area contributed by atoms with Gasteiger partial charge >= 0.3 is 0 Å². The molecule has 0 saturated heterocycles. The summed E-state index contributed by atoms with van der Waals surface area (Å²) in [6.07, 6.45) is 0. The van der Waals surface area contributed by atoms with Gasteiger partial charge in [-0.1, -0.05) is 0 Å². The molecule has 0 heterocycles. The van der Waals surface area contributed by atoms with E-state index in [0.29, 0.717) is 0 Å². The topological polar surface area (TPSA) is 43.1 Å². The largest absolute Gasteiger partial charge is 0.370 e. The molecule has 5 heavy (non-hydrogen) atoms. The van der Waals surface area contributed by atoms with Crippen LogP contribution in [0.4, 0.5) is 0 Å². The third-order valence-corrected chi connectivity index (χ3v) is 0. The Bertz CT molecular complexity index is 32.6. The molecule has 33 valence electrons. The maximum atomic E-state index is 9.22. The minimum absolute atomic E-state index is 0. The predicted octanol–water partition coefficient (Wildman–Crippen LogP) is -0.511. The second kappa shape index (κ2) is 4.09. The van der Waals surface area contributed by atoms with Gasteiger partial charge in [0.2, 0.25) is 5.91 Å². The number of hydrogen-bond acceptors (Lipinski definition) is 1. The van der Waals surface area contributed by atoms with Gasteiger partial charge in [0.1, 0.15) is 0 Å². The molecule has 0 aromatic rings. The fourth-order valence-corrected chi connectivity index (χ4v) is 0. The maximum absolute atomic E-state index is 9.22. The van der Waals surface area contributed by atoms with E-state index in [1.807, 2.05) is 0 Å². The summed E-state index contributed by atoms with van der Waals surface area (Å²) >= 11 is 0. The summed E-state index contributed by atoms with van der Waals surface area (Å²) in [6.45, 7) is 1.31. The number of primary amides is 1. The Balaban J connectivity index is 0. The van der Waals surface area contributed by atoms with Crippen LogP contribution in [0.1, 0.15) is 6.92 Å². The first-order valence-electron chi connectivity index (χ1n) is 0.993. The van der Waals surface area contributed by atoms with E-state index in [9.17, 15) is 4.79 Å². The second-order valence-corrected chi connectivity index (χ2v) is 0.611. The summed E-state index contributed by atoms with van der Waals surface area (Å²) in [7, 11) is 0. The van der Waals surface area contributed by atoms with E-state index in [4.69, 9.17) is 0 Å². The molecule has 0 bridgehead atoms. The van der Waals surface area contributed by atoms with Crippen LogP contribution in [0.2, 0.25) is 0 Å². The molecule has 0 atom stereocenters. The summed E-state index contributed by atoms with van der Waals surface area (Å²) in [5, 5.41) is 0. The Morgan fingerprint density at radius 1 is 1.80 bits per heavy atom. The average Bonchev–Trinajstić information content (AvgIpc) is 0.811. The van der Waals surface area contributed by atoms with Crippen LogP contribution >= 0.6 is 0 Å². The first-order valence-corrected chi connectivity index (χ1v) is 0.993. The number of amides is 1. The first-order chi connectivity index (χ1) is 1.73. The number of carbonyl (C=O) groups excluding carboxylic acids is 1. The molecule has 0 saturated carbocycles.